The Bertz CT molecular complexity index is 586. The van der Waals surface area contributed by atoms with Crippen LogP contribution in [0.1, 0.15) is 12.0 Å². The minimum atomic E-state index is -0.160. The van der Waals surface area contributed by atoms with Gasteiger partial charge in [-0.2, -0.15) is 0 Å². The van der Waals surface area contributed by atoms with Crippen molar-refractivity contribution in [3.63, 3.8) is 0 Å². The van der Waals surface area contributed by atoms with Crippen LogP contribution in [0.15, 0.2) is 48.0 Å². The van der Waals surface area contributed by atoms with Crippen LogP contribution in [0.25, 0.3) is 0 Å². The van der Waals surface area contributed by atoms with E-state index in [2.05, 4.69) is 20.6 Å². The van der Waals surface area contributed by atoms with Crippen molar-refractivity contribution in [3.05, 3.63) is 54.4 Å². The second kappa shape index (κ2) is 11.0. The molecule has 2 rings (SSSR count). The van der Waals surface area contributed by atoms with Crippen molar-refractivity contribution in [2.45, 2.75) is 19.4 Å². The van der Waals surface area contributed by atoms with Gasteiger partial charge in [0.2, 0.25) is 0 Å². The first kappa shape index (κ1) is 19.4. The maximum absolute atomic E-state index is 13.5. The Kier molecular flexibility index (Phi) is 9.27. The summed E-state index contributed by atoms with van der Waals surface area (Å²) in [7, 11) is 1.73. The number of rotatable bonds is 7. The molecule has 0 atom stereocenters. The highest BCUT2D eigenvalue weighted by molar-refractivity contribution is 14.0. The molecule has 0 fully saturated rings. The van der Waals surface area contributed by atoms with Gasteiger partial charge in [0.05, 0.1) is 6.33 Å². The second-order valence-electron chi connectivity index (χ2n) is 4.92. The molecular weight excluding hydrogens is 408 g/mol. The highest BCUT2D eigenvalue weighted by Gasteiger charge is 2.01. The molecule has 0 spiro atoms. The Morgan fingerprint density at radius 2 is 2.04 bits per heavy atom. The number of benzene rings is 1. The molecular formula is C16H23FIN5. The molecule has 126 valence electrons. The molecule has 2 aromatic rings. The van der Waals surface area contributed by atoms with Crippen molar-refractivity contribution in [1.29, 1.82) is 0 Å². The highest BCUT2D eigenvalue weighted by Crippen LogP contribution is 2.05. The third-order valence-electron chi connectivity index (χ3n) is 3.31. The lowest BCUT2D eigenvalue weighted by Gasteiger charge is -2.12. The molecule has 2 N–H and O–H groups in total. The summed E-state index contributed by atoms with van der Waals surface area (Å²) in [5.41, 5.74) is 0.713. The minimum Gasteiger partial charge on any atom is -0.356 e. The van der Waals surface area contributed by atoms with E-state index in [4.69, 9.17) is 0 Å². The van der Waals surface area contributed by atoms with E-state index >= 15 is 0 Å². The lowest BCUT2D eigenvalue weighted by molar-refractivity contribution is 0.605. The van der Waals surface area contributed by atoms with Crippen LogP contribution in [0.5, 0.6) is 0 Å². The third-order valence-corrected chi connectivity index (χ3v) is 3.31. The molecule has 1 heterocycles. The summed E-state index contributed by atoms with van der Waals surface area (Å²) in [5.74, 6) is 0.578. The van der Waals surface area contributed by atoms with Gasteiger partial charge >= 0.3 is 0 Å². The minimum absolute atomic E-state index is 0. The summed E-state index contributed by atoms with van der Waals surface area (Å²) in [4.78, 5) is 8.16. The fourth-order valence-electron chi connectivity index (χ4n) is 2.12. The number of hydrogen-bond acceptors (Lipinski definition) is 2. The molecule has 0 unspecified atom stereocenters. The van der Waals surface area contributed by atoms with Crippen molar-refractivity contribution in [2.75, 3.05) is 20.1 Å². The number of nitrogens with one attached hydrogen (secondary N) is 2. The molecule has 0 aliphatic heterocycles. The Morgan fingerprint density at radius 3 is 2.74 bits per heavy atom. The predicted molar refractivity (Wildman–Crippen MR) is 102 cm³/mol. The maximum atomic E-state index is 13.5. The molecule has 0 radical (unpaired) electrons. The van der Waals surface area contributed by atoms with Crippen LogP contribution in [0, 0.1) is 5.82 Å². The summed E-state index contributed by atoms with van der Waals surface area (Å²) < 4.78 is 15.5. The van der Waals surface area contributed by atoms with E-state index in [0.29, 0.717) is 18.5 Å². The van der Waals surface area contributed by atoms with Crippen LogP contribution in [-0.4, -0.2) is 35.6 Å². The monoisotopic (exact) mass is 431 g/mol. The van der Waals surface area contributed by atoms with Gasteiger partial charge < -0.3 is 15.2 Å². The number of guanidine groups is 1. The fraction of sp³-hybridized carbons (Fsp3) is 0.375. The molecule has 0 saturated heterocycles. The molecule has 0 saturated carbocycles. The number of hydrogen-bond donors (Lipinski definition) is 2. The summed E-state index contributed by atoms with van der Waals surface area (Å²) in [6.45, 7) is 2.37. The normalized spacial score (nSPS) is 11.0. The zero-order chi connectivity index (χ0) is 15.6. The van der Waals surface area contributed by atoms with E-state index in [-0.39, 0.29) is 29.8 Å². The molecule has 1 aromatic carbocycles. The van der Waals surface area contributed by atoms with Gasteiger partial charge in [-0.25, -0.2) is 9.37 Å². The molecule has 0 aliphatic rings. The van der Waals surface area contributed by atoms with Crippen molar-refractivity contribution < 1.29 is 4.39 Å². The van der Waals surface area contributed by atoms with Crippen LogP contribution in [0.3, 0.4) is 0 Å². The van der Waals surface area contributed by atoms with Gasteiger partial charge in [-0.15, -0.1) is 24.0 Å². The average Bonchev–Trinajstić information content (AvgIpc) is 3.05. The fourth-order valence-corrected chi connectivity index (χ4v) is 2.12. The number of aliphatic imine (C=N–C) groups is 1. The first-order chi connectivity index (χ1) is 10.8. The molecule has 0 amide bonds. The van der Waals surface area contributed by atoms with E-state index in [1.54, 1.807) is 25.4 Å². The summed E-state index contributed by atoms with van der Waals surface area (Å²) in [5, 5.41) is 6.44. The van der Waals surface area contributed by atoms with Gasteiger partial charge in [-0.3, -0.25) is 4.99 Å². The number of imidazole rings is 1. The van der Waals surface area contributed by atoms with Gasteiger partial charge in [0.25, 0.3) is 0 Å². The van der Waals surface area contributed by atoms with Gasteiger partial charge in [-0.1, -0.05) is 18.2 Å². The van der Waals surface area contributed by atoms with Crippen molar-refractivity contribution >= 4 is 29.9 Å². The van der Waals surface area contributed by atoms with Crippen molar-refractivity contribution in [2.24, 2.45) is 4.99 Å². The van der Waals surface area contributed by atoms with Gasteiger partial charge in [0, 0.05) is 39.1 Å². The average molecular weight is 431 g/mol. The molecule has 0 aliphatic carbocycles. The Hall–Kier alpha value is -1.64. The van der Waals surface area contributed by atoms with Crippen molar-refractivity contribution in [3.8, 4) is 0 Å². The first-order valence-corrected chi connectivity index (χ1v) is 7.43. The number of halogens is 2. The Labute approximate surface area is 153 Å². The van der Waals surface area contributed by atoms with Crippen LogP contribution in [0.2, 0.25) is 0 Å². The van der Waals surface area contributed by atoms with E-state index < -0.39 is 0 Å². The summed E-state index contributed by atoms with van der Waals surface area (Å²) in [6, 6.07) is 6.84. The molecule has 5 nitrogen and oxygen atoms in total. The standard InChI is InChI=1S/C16H22FN5.HI/c1-18-16(20-8-4-11-22-12-10-19-13-22)21-9-7-14-5-2-3-6-15(14)17;/h2-3,5-6,10,12-13H,4,7-9,11H2,1H3,(H2,18,20,21);1H. The molecule has 23 heavy (non-hydrogen) atoms. The maximum Gasteiger partial charge on any atom is 0.190 e. The third kappa shape index (κ3) is 6.98. The zero-order valence-electron chi connectivity index (χ0n) is 13.2. The van der Waals surface area contributed by atoms with Crippen LogP contribution >= 0.6 is 24.0 Å². The van der Waals surface area contributed by atoms with E-state index in [1.165, 1.54) is 6.07 Å². The van der Waals surface area contributed by atoms with Gasteiger partial charge in [-0.05, 0) is 24.5 Å². The van der Waals surface area contributed by atoms with E-state index in [0.717, 1.165) is 25.5 Å². The Morgan fingerprint density at radius 1 is 1.26 bits per heavy atom. The molecule has 0 bridgehead atoms. The highest BCUT2D eigenvalue weighted by atomic mass is 127. The predicted octanol–water partition coefficient (Wildman–Crippen LogP) is 2.44. The van der Waals surface area contributed by atoms with Gasteiger partial charge in [0.1, 0.15) is 5.82 Å². The van der Waals surface area contributed by atoms with Crippen LogP contribution in [0.4, 0.5) is 4.39 Å². The summed E-state index contributed by atoms with van der Waals surface area (Å²) in [6.07, 6.45) is 7.13. The Balaban J connectivity index is 0.00000264. The lowest BCUT2D eigenvalue weighted by atomic mass is 10.1. The smallest absolute Gasteiger partial charge is 0.190 e. The first-order valence-electron chi connectivity index (χ1n) is 7.43. The summed E-state index contributed by atoms with van der Waals surface area (Å²) >= 11 is 0. The number of nitrogens with zero attached hydrogens (tertiary/aromatic N) is 3. The molecule has 1 aromatic heterocycles. The van der Waals surface area contributed by atoms with Gasteiger partial charge in [0.15, 0.2) is 5.96 Å². The SMILES string of the molecule is CN=C(NCCCn1ccnc1)NCCc1ccccc1F.I. The topological polar surface area (TPSA) is 54.2 Å². The van der Waals surface area contributed by atoms with Crippen LogP contribution < -0.4 is 10.6 Å². The lowest BCUT2D eigenvalue weighted by Crippen LogP contribution is -2.39. The number of aromatic nitrogens is 2. The van der Waals surface area contributed by atoms with E-state index in [9.17, 15) is 4.39 Å². The zero-order valence-corrected chi connectivity index (χ0v) is 15.5. The van der Waals surface area contributed by atoms with E-state index in [1.807, 2.05) is 23.2 Å². The molecule has 7 heteroatoms. The largest absolute Gasteiger partial charge is 0.356 e. The number of aryl methyl sites for hydroxylation is 1. The quantitative estimate of drug-likeness (QED) is 0.307. The second-order valence-corrected chi connectivity index (χ2v) is 4.92. The van der Waals surface area contributed by atoms with Crippen molar-refractivity contribution in [1.82, 2.24) is 20.2 Å². The van der Waals surface area contributed by atoms with Crippen LogP contribution in [-0.2, 0) is 13.0 Å².